The molecule has 0 bridgehead atoms. The number of methoxy groups -OCH3 is 2. The second-order valence-corrected chi connectivity index (χ2v) is 6.32. The van der Waals surface area contributed by atoms with Gasteiger partial charge in [-0.1, -0.05) is 48.5 Å². The lowest BCUT2D eigenvalue weighted by molar-refractivity contribution is 0.0431. The Labute approximate surface area is 175 Å². The molecule has 0 atom stereocenters. The molecule has 154 valence electrons. The maximum absolute atomic E-state index is 12.4. The standard InChI is InChI=1S/C24H22O6/c1-27-21-13-7-5-11-19(21)23(25)29-15-17-9-3-4-10-18(17)16-30-24(26)20-12-6-8-14-22(20)28-2/h3-14H,15-16H2,1-2H3. The number of carbonyl (C=O) groups is 2. The first kappa shape index (κ1) is 20.9. The molecule has 0 spiro atoms. The number of carbonyl (C=O) groups excluding carboxylic acids is 2. The molecule has 30 heavy (non-hydrogen) atoms. The molecular weight excluding hydrogens is 384 g/mol. The van der Waals surface area contributed by atoms with Crippen LogP contribution in [0, 0.1) is 0 Å². The lowest BCUT2D eigenvalue weighted by atomic mass is 10.1. The van der Waals surface area contributed by atoms with Crippen LogP contribution in [-0.4, -0.2) is 26.2 Å². The van der Waals surface area contributed by atoms with Crippen molar-refractivity contribution in [1.82, 2.24) is 0 Å². The Balaban J connectivity index is 1.66. The lowest BCUT2D eigenvalue weighted by Gasteiger charge is -2.13. The van der Waals surface area contributed by atoms with Crippen LogP contribution in [-0.2, 0) is 22.7 Å². The van der Waals surface area contributed by atoms with E-state index in [0.717, 1.165) is 11.1 Å². The van der Waals surface area contributed by atoms with E-state index in [2.05, 4.69) is 0 Å². The summed E-state index contributed by atoms with van der Waals surface area (Å²) in [4.78, 5) is 24.9. The molecular formula is C24H22O6. The van der Waals surface area contributed by atoms with Gasteiger partial charge in [-0.3, -0.25) is 0 Å². The first-order valence-corrected chi connectivity index (χ1v) is 9.31. The third-order valence-electron chi connectivity index (χ3n) is 4.49. The van der Waals surface area contributed by atoms with E-state index in [0.29, 0.717) is 22.6 Å². The van der Waals surface area contributed by atoms with Crippen LogP contribution in [0.25, 0.3) is 0 Å². The first-order valence-electron chi connectivity index (χ1n) is 9.31. The molecule has 3 aromatic rings. The molecule has 0 aliphatic heterocycles. The Morgan fingerprint density at radius 2 is 0.967 bits per heavy atom. The summed E-state index contributed by atoms with van der Waals surface area (Å²) in [5.41, 5.74) is 2.18. The molecule has 0 N–H and O–H groups in total. The minimum Gasteiger partial charge on any atom is -0.496 e. The quantitative estimate of drug-likeness (QED) is 0.516. The summed E-state index contributed by atoms with van der Waals surface area (Å²) in [6.45, 7) is 0.0819. The number of esters is 2. The van der Waals surface area contributed by atoms with Gasteiger partial charge in [-0.05, 0) is 35.4 Å². The van der Waals surface area contributed by atoms with Crippen LogP contribution < -0.4 is 9.47 Å². The summed E-state index contributed by atoms with van der Waals surface area (Å²) in [5, 5.41) is 0. The zero-order valence-corrected chi connectivity index (χ0v) is 16.8. The van der Waals surface area contributed by atoms with E-state index in [1.54, 1.807) is 48.5 Å². The van der Waals surface area contributed by atoms with Crippen molar-refractivity contribution in [2.45, 2.75) is 13.2 Å². The monoisotopic (exact) mass is 406 g/mol. The fraction of sp³-hybridized carbons (Fsp3) is 0.167. The molecule has 0 radical (unpaired) electrons. The summed E-state index contributed by atoms with van der Waals surface area (Å²) in [5.74, 6) is -0.0930. The van der Waals surface area contributed by atoms with E-state index in [9.17, 15) is 9.59 Å². The van der Waals surface area contributed by atoms with Crippen molar-refractivity contribution in [3.63, 3.8) is 0 Å². The number of para-hydroxylation sites is 2. The van der Waals surface area contributed by atoms with Gasteiger partial charge in [0.05, 0.1) is 14.2 Å². The van der Waals surface area contributed by atoms with Crippen molar-refractivity contribution in [1.29, 1.82) is 0 Å². The highest BCUT2D eigenvalue weighted by atomic mass is 16.5. The Morgan fingerprint density at radius 3 is 1.37 bits per heavy atom. The molecule has 3 rings (SSSR count). The summed E-state index contributed by atoms with van der Waals surface area (Å²) in [7, 11) is 3.00. The zero-order chi connectivity index (χ0) is 21.3. The smallest absolute Gasteiger partial charge is 0.342 e. The third-order valence-corrected chi connectivity index (χ3v) is 4.49. The van der Waals surface area contributed by atoms with Crippen LogP contribution in [0.3, 0.4) is 0 Å². The summed E-state index contributed by atoms with van der Waals surface area (Å²) >= 11 is 0. The van der Waals surface area contributed by atoms with Gasteiger partial charge in [0.25, 0.3) is 0 Å². The fourth-order valence-corrected chi connectivity index (χ4v) is 2.91. The van der Waals surface area contributed by atoms with Crippen molar-refractivity contribution < 1.29 is 28.5 Å². The maximum atomic E-state index is 12.4. The normalized spacial score (nSPS) is 10.2. The molecule has 6 nitrogen and oxygen atoms in total. The highest BCUT2D eigenvalue weighted by Gasteiger charge is 2.16. The SMILES string of the molecule is COc1ccccc1C(=O)OCc1ccccc1COC(=O)c1ccccc1OC. The molecule has 0 aromatic heterocycles. The second kappa shape index (κ2) is 10.1. The molecule has 0 saturated carbocycles. The van der Waals surface area contributed by atoms with Crippen LogP contribution in [0.4, 0.5) is 0 Å². The number of rotatable bonds is 8. The van der Waals surface area contributed by atoms with Crippen LogP contribution in [0.5, 0.6) is 11.5 Å². The van der Waals surface area contributed by atoms with Gasteiger partial charge < -0.3 is 18.9 Å². The van der Waals surface area contributed by atoms with E-state index in [1.165, 1.54) is 14.2 Å². The van der Waals surface area contributed by atoms with Crippen molar-refractivity contribution >= 4 is 11.9 Å². The molecule has 0 aliphatic rings. The van der Waals surface area contributed by atoms with E-state index in [4.69, 9.17) is 18.9 Å². The Morgan fingerprint density at radius 1 is 0.600 bits per heavy atom. The molecule has 6 heteroatoms. The number of hydrogen-bond donors (Lipinski definition) is 0. The van der Waals surface area contributed by atoms with Gasteiger partial charge in [-0.2, -0.15) is 0 Å². The summed E-state index contributed by atoms with van der Waals surface area (Å²) < 4.78 is 21.3. The Kier molecular flexibility index (Phi) is 7.05. The number of ether oxygens (including phenoxy) is 4. The van der Waals surface area contributed by atoms with E-state index in [-0.39, 0.29) is 13.2 Å². The molecule has 0 heterocycles. The summed E-state index contributed by atoms with van der Waals surface area (Å²) in [6, 6.07) is 21.0. The fourth-order valence-electron chi connectivity index (χ4n) is 2.91. The molecule has 0 unspecified atom stereocenters. The van der Waals surface area contributed by atoms with Gasteiger partial charge in [0.1, 0.15) is 35.8 Å². The largest absolute Gasteiger partial charge is 0.496 e. The Bertz CT molecular complexity index is 945. The minimum absolute atomic E-state index is 0.0409. The zero-order valence-electron chi connectivity index (χ0n) is 16.8. The van der Waals surface area contributed by atoms with E-state index >= 15 is 0 Å². The van der Waals surface area contributed by atoms with Crippen LogP contribution in [0.15, 0.2) is 72.8 Å². The molecule has 0 aliphatic carbocycles. The van der Waals surface area contributed by atoms with Crippen molar-refractivity contribution in [3.05, 3.63) is 95.1 Å². The minimum atomic E-state index is -0.492. The molecule has 0 fully saturated rings. The third kappa shape index (κ3) is 4.97. The van der Waals surface area contributed by atoms with E-state index < -0.39 is 11.9 Å². The highest BCUT2D eigenvalue weighted by Crippen LogP contribution is 2.21. The van der Waals surface area contributed by atoms with Crippen LogP contribution >= 0.6 is 0 Å². The maximum Gasteiger partial charge on any atom is 0.342 e. The van der Waals surface area contributed by atoms with Crippen LogP contribution in [0.1, 0.15) is 31.8 Å². The lowest BCUT2D eigenvalue weighted by Crippen LogP contribution is -2.10. The van der Waals surface area contributed by atoms with Crippen molar-refractivity contribution in [2.75, 3.05) is 14.2 Å². The van der Waals surface area contributed by atoms with Gasteiger partial charge in [-0.15, -0.1) is 0 Å². The van der Waals surface area contributed by atoms with Gasteiger partial charge in [0.2, 0.25) is 0 Å². The predicted octanol–water partition coefficient (Wildman–Crippen LogP) is 4.42. The van der Waals surface area contributed by atoms with Gasteiger partial charge in [-0.25, -0.2) is 9.59 Å². The topological polar surface area (TPSA) is 71.1 Å². The molecule has 0 amide bonds. The van der Waals surface area contributed by atoms with Gasteiger partial charge in [0, 0.05) is 0 Å². The van der Waals surface area contributed by atoms with Crippen molar-refractivity contribution in [2.24, 2.45) is 0 Å². The van der Waals surface area contributed by atoms with Gasteiger partial charge in [0.15, 0.2) is 0 Å². The number of benzene rings is 3. The highest BCUT2D eigenvalue weighted by molar-refractivity contribution is 5.93. The average Bonchev–Trinajstić information content (AvgIpc) is 2.81. The van der Waals surface area contributed by atoms with Crippen molar-refractivity contribution in [3.8, 4) is 11.5 Å². The van der Waals surface area contributed by atoms with E-state index in [1.807, 2.05) is 24.3 Å². The second-order valence-electron chi connectivity index (χ2n) is 6.32. The predicted molar refractivity (Wildman–Crippen MR) is 111 cm³/mol. The Hall–Kier alpha value is -3.80. The molecule has 3 aromatic carbocycles. The number of hydrogen-bond acceptors (Lipinski definition) is 6. The van der Waals surface area contributed by atoms with Crippen LogP contribution in [0.2, 0.25) is 0 Å². The van der Waals surface area contributed by atoms with Gasteiger partial charge >= 0.3 is 11.9 Å². The molecule has 0 saturated heterocycles. The first-order chi connectivity index (χ1) is 14.6. The average molecular weight is 406 g/mol. The summed E-state index contributed by atoms with van der Waals surface area (Å²) in [6.07, 6.45) is 0.